The molecule has 0 rings (SSSR count). The molecule has 48 valence electrons. The van der Waals surface area contributed by atoms with E-state index in [1.54, 1.807) is 5.48 Å². The van der Waals surface area contributed by atoms with Crippen molar-refractivity contribution < 1.29 is 14.1 Å². The van der Waals surface area contributed by atoms with Gasteiger partial charge in [-0.3, -0.25) is 9.97 Å². The van der Waals surface area contributed by atoms with E-state index in [-0.39, 0.29) is 0 Å². The summed E-state index contributed by atoms with van der Waals surface area (Å²) in [5.74, 6) is -0.502. The van der Waals surface area contributed by atoms with Crippen LogP contribution in [-0.4, -0.2) is 10.9 Å². The van der Waals surface area contributed by atoms with Gasteiger partial charge in [0.25, 0.3) is 0 Å². The van der Waals surface area contributed by atoms with Crippen LogP contribution >= 0.6 is 8.25 Å². The molecule has 0 aliphatic carbocycles. The predicted molar refractivity (Wildman–Crippen MR) is 27.4 cm³/mol. The Bertz CT molecular complexity index is 99.1. The summed E-state index contributed by atoms with van der Waals surface area (Å²) in [6.45, 7) is 0. The summed E-state index contributed by atoms with van der Waals surface area (Å²) in [6, 6.07) is 0. The fraction of sp³-hybridized carbons (Fsp3) is 0. The van der Waals surface area contributed by atoms with Crippen molar-refractivity contribution in [2.24, 2.45) is 5.73 Å². The van der Waals surface area contributed by atoms with Crippen LogP contribution in [0.4, 0.5) is 0 Å². The van der Waals surface area contributed by atoms with E-state index >= 15 is 0 Å². The maximum absolute atomic E-state index is 9.65. The molecule has 0 amide bonds. The molecule has 1 unspecified atom stereocenters. The minimum absolute atomic E-state index is 0.502. The number of hydroxylamine groups is 1. The maximum Gasteiger partial charge on any atom is 0.337 e. The van der Waals surface area contributed by atoms with Crippen LogP contribution in [0, 0.1) is 5.41 Å². The topological polar surface area (TPSA) is 108 Å². The average Bonchev–Trinajstić information content (AvgIpc) is 1.61. The predicted octanol–water partition coefficient (Wildman–Crippen LogP) is -1.22. The average molecular weight is 139 g/mol. The molecule has 0 fully saturated rings. The van der Waals surface area contributed by atoms with Gasteiger partial charge in [-0.1, -0.05) is 0 Å². The smallest absolute Gasteiger partial charge is 0.337 e. The van der Waals surface area contributed by atoms with Crippen LogP contribution in [0.1, 0.15) is 0 Å². The number of hydrogen-bond acceptors (Lipinski definition) is 3. The fourth-order valence-corrected chi connectivity index (χ4v) is 0.296. The zero-order chi connectivity index (χ0) is 6.57. The van der Waals surface area contributed by atoms with Gasteiger partial charge in [0.1, 0.15) is 0 Å². The second-order valence-electron chi connectivity index (χ2n) is 0.884. The first-order valence-corrected chi connectivity index (χ1v) is 2.89. The molecule has 0 radical (unpaired) electrons. The van der Waals surface area contributed by atoms with Gasteiger partial charge in [0.2, 0.25) is 5.96 Å². The molecular formula is CH6N3O3P. The van der Waals surface area contributed by atoms with Crippen molar-refractivity contribution in [1.82, 2.24) is 5.48 Å². The van der Waals surface area contributed by atoms with Crippen molar-refractivity contribution in [2.45, 2.75) is 0 Å². The van der Waals surface area contributed by atoms with E-state index in [0.717, 1.165) is 0 Å². The van der Waals surface area contributed by atoms with E-state index in [1.165, 1.54) is 0 Å². The normalized spacial score (nSPS) is 12.6. The van der Waals surface area contributed by atoms with E-state index in [1.807, 2.05) is 0 Å². The Kier molecular flexibility index (Phi) is 3.18. The van der Waals surface area contributed by atoms with Crippen LogP contribution in [0.5, 0.6) is 0 Å². The van der Waals surface area contributed by atoms with Gasteiger partial charge < -0.3 is 10.6 Å². The van der Waals surface area contributed by atoms with Crippen molar-refractivity contribution in [3.8, 4) is 0 Å². The zero-order valence-electron chi connectivity index (χ0n) is 3.84. The molecule has 0 aromatic rings. The molecule has 0 bridgehead atoms. The summed E-state index contributed by atoms with van der Waals surface area (Å²) in [5, 5.41) is 6.40. The third-order valence-corrected chi connectivity index (χ3v) is 0.525. The highest BCUT2D eigenvalue weighted by molar-refractivity contribution is 7.32. The molecule has 0 heterocycles. The van der Waals surface area contributed by atoms with Gasteiger partial charge in [-0.2, -0.15) is 4.62 Å². The lowest BCUT2D eigenvalue weighted by Crippen LogP contribution is -2.28. The Balaban J connectivity index is 3.18. The number of hydrogen-bond donors (Lipinski definition) is 4. The highest BCUT2D eigenvalue weighted by atomic mass is 31.1. The molecule has 8 heavy (non-hydrogen) atoms. The van der Waals surface area contributed by atoms with Gasteiger partial charge in [0.05, 0.1) is 0 Å². The van der Waals surface area contributed by atoms with E-state index in [2.05, 4.69) is 10.4 Å². The molecule has 0 aliphatic rings. The van der Waals surface area contributed by atoms with Crippen LogP contribution in [0.3, 0.4) is 0 Å². The second kappa shape index (κ2) is 3.43. The van der Waals surface area contributed by atoms with Crippen molar-refractivity contribution in [3.63, 3.8) is 0 Å². The maximum atomic E-state index is 9.65. The van der Waals surface area contributed by atoms with Gasteiger partial charge in [-0.05, 0) is 0 Å². The summed E-state index contributed by atoms with van der Waals surface area (Å²) in [7, 11) is -3.01. The standard InChI is InChI=1S/CH6N3O3P/c2-1(3)4-7-8(5)6/h8H,(H,5,6)(H4,2,3,4). The van der Waals surface area contributed by atoms with Gasteiger partial charge in [-0.15, -0.1) is 0 Å². The van der Waals surface area contributed by atoms with Crippen LogP contribution in [0.25, 0.3) is 0 Å². The van der Waals surface area contributed by atoms with Gasteiger partial charge in [-0.25, -0.2) is 5.48 Å². The SMILES string of the molecule is N=C(N)NO[PH](=O)O. The first-order valence-electron chi connectivity index (χ1n) is 1.62. The second-order valence-corrected chi connectivity index (χ2v) is 1.62. The lowest BCUT2D eigenvalue weighted by Gasteiger charge is -1.97. The zero-order valence-corrected chi connectivity index (χ0v) is 4.84. The lowest BCUT2D eigenvalue weighted by molar-refractivity contribution is 0.235. The van der Waals surface area contributed by atoms with E-state index in [0.29, 0.717) is 0 Å². The van der Waals surface area contributed by atoms with Crippen LogP contribution < -0.4 is 11.2 Å². The largest absolute Gasteiger partial charge is 0.368 e. The number of rotatable bonds is 2. The summed E-state index contributed by atoms with van der Waals surface area (Å²) >= 11 is 0. The highest BCUT2D eigenvalue weighted by Gasteiger charge is 1.89. The van der Waals surface area contributed by atoms with Crippen molar-refractivity contribution in [2.75, 3.05) is 0 Å². The van der Waals surface area contributed by atoms with Gasteiger partial charge >= 0.3 is 8.25 Å². The molecule has 5 N–H and O–H groups in total. The molecule has 0 aliphatic heterocycles. The Morgan fingerprint density at radius 1 is 2.00 bits per heavy atom. The quantitative estimate of drug-likeness (QED) is 0.166. The molecule has 6 nitrogen and oxygen atoms in total. The van der Waals surface area contributed by atoms with Crippen molar-refractivity contribution >= 4 is 14.2 Å². The van der Waals surface area contributed by atoms with E-state index < -0.39 is 14.2 Å². The number of guanidine groups is 1. The van der Waals surface area contributed by atoms with Crippen molar-refractivity contribution in [3.05, 3.63) is 0 Å². The third-order valence-electron chi connectivity index (χ3n) is 0.248. The molecule has 1 atom stereocenters. The minimum Gasteiger partial charge on any atom is -0.368 e. The lowest BCUT2D eigenvalue weighted by atomic mass is 11.1. The molecule has 0 aromatic heterocycles. The number of nitrogens with one attached hydrogen (secondary N) is 2. The molecule has 0 saturated heterocycles. The molecule has 0 saturated carbocycles. The first kappa shape index (κ1) is 7.42. The van der Waals surface area contributed by atoms with Crippen LogP contribution in [0.2, 0.25) is 0 Å². The highest BCUT2D eigenvalue weighted by Crippen LogP contribution is 2.09. The molecule has 0 aromatic carbocycles. The van der Waals surface area contributed by atoms with Crippen LogP contribution in [-0.2, 0) is 9.19 Å². The van der Waals surface area contributed by atoms with Gasteiger partial charge in [0.15, 0.2) is 0 Å². The monoisotopic (exact) mass is 139 g/mol. The summed E-state index contributed by atoms with van der Waals surface area (Å²) in [4.78, 5) is 7.91. The van der Waals surface area contributed by atoms with Crippen LogP contribution in [0.15, 0.2) is 0 Å². The summed E-state index contributed by atoms with van der Waals surface area (Å²) in [6.07, 6.45) is 0. The van der Waals surface area contributed by atoms with E-state index in [9.17, 15) is 4.57 Å². The summed E-state index contributed by atoms with van der Waals surface area (Å²) in [5.41, 5.74) is 6.34. The van der Waals surface area contributed by atoms with Gasteiger partial charge in [0, 0.05) is 0 Å². The van der Waals surface area contributed by atoms with Crippen molar-refractivity contribution in [1.29, 1.82) is 5.41 Å². The molecule has 7 heteroatoms. The Labute approximate surface area is 46.1 Å². The molecule has 0 spiro atoms. The third kappa shape index (κ3) is 5.42. The Morgan fingerprint density at radius 3 is 2.62 bits per heavy atom. The Hall–Kier alpha value is -0.580. The first-order chi connectivity index (χ1) is 3.63. The molecular weight excluding hydrogens is 133 g/mol. The Morgan fingerprint density at radius 2 is 2.50 bits per heavy atom. The number of nitrogens with two attached hydrogens (primary N) is 1. The summed E-state index contributed by atoms with van der Waals surface area (Å²) < 4.78 is 13.5. The fourth-order valence-electron chi connectivity index (χ4n) is 0.0986. The minimum atomic E-state index is -3.01. The van der Waals surface area contributed by atoms with E-state index in [4.69, 9.17) is 10.3 Å².